The minimum Gasteiger partial charge on any atom is -0.270 e. The molecule has 0 aliphatic rings. The molecule has 0 aliphatic carbocycles. The van der Waals surface area contributed by atoms with Crippen LogP contribution in [0.2, 0.25) is 0 Å². The van der Waals surface area contributed by atoms with E-state index in [1.807, 2.05) is 32.0 Å². The van der Waals surface area contributed by atoms with E-state index >= 15 is 0 Å². The molecular formula is C11H18N2O2S. The normalized spacial score (nSPS) is 11.8. The average Bonchev–Trinajstić information content (AvgIpc) is 2.20. The summed E-state index contributed by atoms with van der Waals surface area (Å²) in [5, 5.41) is 0. The van der Waals surface area contributed by atoms with Gasteiger partial charge in [-0.05, 0) is 24.5 Å². The number of para-hydroxylation sites is 1. The first kappa shape index (κ1) is 13.0. The van der Waals surface area contributed by atoms with Gasteiger partial charge < -0.3 is 0 Å². The maximum atomic E-state index is 11.7. The summed E-state index contributed by atoms with van der Waals surface area (Å²) in [6.07, 6.45) is 0.799. The van der Waals surface area contributed by atoms with Gasteiger partial charge in [0.15, 0.2) is 0 Å². The first-order valence-electron chi connectivity index (χ1n) is 5.17. The molecule has 16 heavy (non-hydrogen) atoms. The van der Waals surface area contributed by atoms with Crippen molar-refractivity contribution in [2.24, 2.45) is 0 Å². The van der Waals surface area contributed by atoms with Gasteiger partial charge in [-0.25, -0.2) is 0 Å². The molecule has 0 saturated heterocycles. The second-order valence-corrected chi connectivity index (χ2v) is 5.74. The Bertz CT molecular complexity index is 467. The summed E-state index contributed by atoms with van der Waals surface area (Å²) in [4.78, 5) is 0. The van der Waals surface area contributed by atoms with Crippen molar-refractivity contribution < 1.29 is 8.42 Å². The lowest BCUT2D eigenvalue weighted by Crippen LogP contribution is -2.29. The van der Waals surface area contributed by atoms with Crippen LogP contribution in [0.3, 0.4) is 0 Å². The van der Waals surface area contributed by atoms with Crippen LogP contribution < -0.4 is 4.72 Å². The number of rotatable bonds is 4. The molecule has 0 radical (unpaired) electrons. The predicted molar refractivity (Wildman–Crippen MR) is 66.8 cm³/mol. The summed E-state index contributed by atoms with van der Waals surface area (Å²) in [7, 11) is -0.411. The number of aryl methyl sites for hydroxylation is 2. The minimum atomic E-state index is -3.42. The lowest BCUT2D eigenvalue weighted by atomic mass is 10.1. The fraction of sp³-hybridized carbons (Fsp3) is 0.455. The van der Waals surface area contributed by atoms with Crippen molar-refractivity contribution in [3.8, 4) is 0 Å². The zero-order valence-electron chi connectivity index (χ0n) is 10.1. The highest BCUT2D eigenvalue weighted by Crippen LogP contribution is 2.22. The van der Waals surface area contributed by atoms with Gasteiger partial charge in [0.05, 0.1) is 5.69 Å². The summed E-state index contributed by atoms with van der Waals surface area (Å²) < 4.78 is 27.2. The van der Waals surface area contributed by atoms with Gasteiger partial charge in [-0.15, -0.1) is 0 Å². The van der Waals surface area contributed by atoms with Crippen molar-refractivity contribution in [1.82, 2.24) is 4.31 Å². The lowest BCUT2D eigenvalue weighted by molar-refractivity contribution is 0.526. The van der Waals surface area contributed by atoms with Gasteiger partial charge in [-0.1, -0.05) is 25.1 Å². The van der Waals surface area contributed by atoms with Gasteiger partial charge in [0.25, 0.3) is 0 Å². The summed E-state index contributed by atoms with van der Waals surface area (Å²) in [5.41, 5.74) is 2.63. The molecule has 4 nitrogen and oxygen atoms in total. The molecule has 0 aliphatic heterocycles. The Morgan fingerprint density at radius 3 is 2.44 bits per heavy atom. The van der Waals surface area contributed by atoms with Gasteiger partial charge in [0, 0.05) is 14.1 Å². The summed E-state index contributed by atoms with van der Waals surface area (Å²) in [5.74, 6) is 0. The van der Waals surface area contributed by atoms with E-state index in [-0.39, 0.29) is 0 Å². The van der Waals surface area contributed by atoms with Crippen molar-refractivity contribution in [2.45, 2.75) is 20.3 Å². The second kappa shape index (κ2) is 4.84. The quantitative estimate of drug-likeness (QED) is 0.875. The van der Waals surface area contributed by atoms with Crippen molar-refractivity contribution in [1.29, 1.82) is 0 Å². The third-order valence-corrected chi connectivity index (χ3v) is 3.88. The Balaban J connectivity index is 3.15. The van der Waals surface area contributed by atoms with Crippen LogP contribution >= 0.6 is 0 Å². The molecule has 0 saturated carbocycles. The molecule has 1 aromatic carbocycles. The topological polar surface area (TPSA) is 49.4 Å². The van der Waals surface area contributed by atoms with Crippen LogP contribution in [0, 0.1) is 6.92 Å². The highest BCUT2D eigenvalue weighted by atomic mass is 32.2. The number of anilines is 1. The molecule has 5 heteroatoms. The van der Waals surface area contributed by atoms with Crippen LogP contribution in [0.1, 0.15) is 18.1 Å². The number of benzene rings is 1. The van der Waals surface area contributed by atoms with E-state index in [9.17, 15) is 8.42 Å². The fourth-order valence-corrected chi connectivity index (χ4v) is 2.12. The van der Waals surface area contributed by atoms with E-state index in [1.54, 1.807) is 0 Å². The third-order valence-electron chi connectivity index (χ3n) is 2.45. The van der Waals surface area contributed by atoms with E-state index in [4.69, 9.17) is 0 Å². The fourth-order valence-electron chi connectivity index (χ4n) is 1.39. The van der Waals surface area contributed by atoms with Gasteiger partial charge in [0.2, 0.25) is 0 Å². The Morgan fingerprint density at radius 2 is 1.94 bits per heavy atom. The zero-order chi connectivity index (χ0) is 12.3. The Morgan fingerprint density at radius 1 is 1.31 bits per heavy atom. The Hall–Kier alpha value is -1.07. The molecule has 0 amide bonds. The van der Waals surface area contributed by atoms with E-state index in [0.29, 0.717) is 5.69 Å². The summed E-state index contributed by atoms with van der Waals surface area (Å²) in [6, 6.07) is 5.76. The Kier molecular flexibility index (Phi) is 3.93. The number of nitrogens with one attached hydrogen (secondary N) is 1. The zero-order valence-corrected chi connectivity index (χ0v) is 10.9. The van der Waals surface area contributed by atoms with Gasteiger partial charge >= 0.3 is 10.2 Å². The van der Waals surface area contributed by atoms with E-state index in [0.717, 1.165) is 17.5 Å². The smallest absolute Gasteiger partial charge is 0.270 e. The maximum absolute atomic E-state index is 11.7. The molecule has 1 rings (SSSR count). The van der Waals surface area contributed by atoms with Crippen LogP contribution in [-0.4, -0.2) is 26.8 Å². The minimum absolute atomic E-state index is 0.693. The summed E-state index contributed by atoms with van der Waals surface area (Å²) in [6.45, 7) is 3.90. The predicted octanol–water partition coefficient (Wildman–Crippen LogP) is 1.78. The molecule has 0 aromatic heterocycles. The van der Waals surface area contributed by atoms with Gasteiger partial charge in [-0.3, -0.25) is 4.72 Å². The number of hydrogen-bond donors (Lipinski definition) is 1. The molecule has 0 bridgehead atoms. The van der Waals surface area contributed by atoms with Crippen LogP contribution in [0.4, 0.5) is 5.69 Å². The first-order valence-corrected chi connectivity index (χ1v) is 6.61. The first-order chi connectivity index (χ1) is 7.38. The molecule has 0 spiro atoms. The van der Waals surface area contributed by atoms with Crippen LogP contribution in [0.15, 0.2) is 18.2 Å². The van der Waals surface area contributed by atoms with Gasteiger partial charge in [-0.2, -0.15) is 12.7 Å². The van der Waals surface area contributed by atoms with Crippen molar-refractivity contribution in [3.63, 3.8) is 0 Å². The largest absolute Gasteiger partial charge is 0.301 e. The number of hydrogen-bond acceptors (Lipinski definition) is 2. The average molecular weight is 242 g/mol. The SMILES string of the molecule is CCc1cccc(C)c1NS(=O)(=O)N(C)C. The van der Waals surface area contributed by atoms with Crippen LogP contribution in [0.25, 0.3) is 0 Å². The van der Waals surface area contributed by atoms with Crippen LogP contribution in [0.5, 0.6) is 0 Å². The van der Waals surface area contributed by atoms with E-state index in [1.165, 1.54) is 18.4 Å². The molecule has 0 atom stereocenters. The van der Waals surface area contributed by atoms with Gasteiger partial charge in [0.1, 0.15) is 0 Å². The van der Waals surface area contributed by atoms with E-state index < -0.39 is 10.2 Å². The number of nitrogens with zero attached hydrogens (tertiary/aromatic N) is 1. The standard InChI is InChI=1S/C11H18N2O2S/c1-5-10-8-6-7-9(2)11(10)12-16(14,15)13(3)4/h6-8,12H,5H2,1-4H3. The Labute approximate surface area is 97.5 Å². The van der Waals surface area contributed by atoms with E-state index in [2.05, 4.69) is 4.72 Å². The summed E-state index contributed by atoms with van der Waals surface area (Å²) >= 11 is 0. The second-order valence-electron chi connectivity index (χ2n) is 3.85. The molecule has 1 aromatic rings. The highest BCUT2D eigenvalue weighted by molar-refractivity contribution is 7.90. The molecule has 0 heterocycles. The third kappa shape index (κ3) is 2.74. The molecule has 1 N–H and O–H groups in total. The molecular weight excluding hydrogens is 224 g/mol. The monoisotopic (exact) mass is 242 g/mol. The maximum Gasteiger partial charge on any atom is 0.301 e. The van der Waals surface area contributed by atoms with Crippen molar-refractivity contribution in [3.05, 3.63) is 29.3 Å². The molecule has 0 fully saturated rings. The highest BCUT2D eigenvalue weighted by Gasteiger charge is 2.15. The lowest BCUT2D eigenvalue weighted by Gasteiger charge is -2.17. The van der Waals surface area contributed by atoms with Crippen LogP contribution in [-0.2, 0) is 16.6 Å². The molecule has 90 valence electrons. The van der Waals surface area contributed by atoms with Crippen molar-refractivity contribution >= 4 is 15.9 Å². The van der Waals surface area contributed by atoms with Crippen molar-refractivity contribution in [2.75, 3.05) is 18.8 Å². The molecule has 0 unspecified atom stereocenters.